The summed E-state index contributed by atoms with van der Waals surface area (Å²) in [4.78, 5) is 0. The molecule has 1 N–H and O–H groups in total. The Balaban J connectivity index is 2.00. The van der Waals surface area contributed by atoms with E-state index >= 15 is 0 Å². The third-order valence-corrected chi connectivity index (χ3v) is 4.03. The SMILES string of the molecule is CNCC1CC(c2cccc(F)c2)c2ccccc21. The molecule has 19 heavy (non-hydrogen) atoms. The van der Waals surface area contributed by atoms with Crippen LogP contribution in [0.3, 0.4) is 0 Å². The van der Waals surface area contributed by atoms with Gasteiger partial charge in [0.05, 0.1) is 0 Å². The second-order valence-electron chi connectivity index (χ2n) is 5.23. The molecule has 0 heterocycles. The van der Waals surface area contributed by atoms with Crippen molar-refractivity contribution in [2.75, 3.05) is 13.6 Å². The maximum absolute atomic E-state index is 13.4. The molecule has 0 spiro atoms. The Morgan fingerprint density at radius 3 is 2.63 bits per heavy atom. The van der Waals surface area contributed by atoms with E-state index in [1.165, 1.54) is 17.2 Å². The molecule has 0 aliphatic heterocycles. The lowest BCUT2D eigenvalue weighted by atomic mass is 9.92. The second kappa shape index (κ2) is 5.14. The lowest BCUT2D eigenvalue weighted by molar-refractivity contribution is 0.590. The van der Waals surface area contributed by atoms with Crippen LogP contribution in [-0.2, 0) is 0 Å². The van der Waals surface area contributed by atoms with Gasteiger partial charge in [0.2, 0.25) is 0 Å². The molecule has 0 amide bonds. The van der Waals surface area contributed by atoms with Gasteiger partial charge >= 0.3 is 0 Å². The summed E-state index contributed by atoms with van der Waals surface area (Å²) >= 11 is 0. The maximum atomic E-state index is 13.4. The van der Waals surface area contributed by atoms with Crippen molar-refractivity contribution >= 4 is 0 Å². The van der Waals surface area contributed by atoms with Crippen molar-refractivity contribution in [1.29, 1.82) is 0 Å². The summed E-state index contributed by atoms with van der Waals surface area (Å²) < 4.78 is 13.4. The molecule has 2 aromatic rings. The second-order valence-corrected chi connectivity index (χ2v) is 5.23. The van der Waals surface area contributed by atoms with Crippen LogP contribution >= 0.6 is 0 Å². The number of fused-ring (bicyclic) bond motifs is 1. The highest BCUT2D eigenvalue weighted by Crippen LogP contribution is 2.44. The van der Waals surface area contributed by atoms with Gasteiger partial charge in [0.1, 0.15) is 5.82 Å². The number of hydrogen-bond acceptors (Lipinski definition) is 1. The predicted octanol–water partition coefficient (Wildman–Crippen LogP) is 3.66. The zero-order chi connectivity index (χ0) is 13.2. The van der Waals surface area contributed by atoms with Gasteiger partial charge in [-0.05, 0) is 48.2 Å². The first-order valence-electron chi connectivity index (χ1n) is 6.78. The fourth-order valence-corrected chi connectivity index (χ4v) is 3.22. The van der Waals surface area contributed by atoms with Crippen LogP contribution in [0.25, 0.3) is 0 Å². The molecular weight excluding hydrogens is 237 g/mol. The molecule has 0 saturated carbocycles. The molecule has 1 nitrogen and oxygen atoms in total. The summed E-state index contributed by atoms with van der Waals surface area (Å²) in [5.74, 6) is 0.701. The molecule has 3 rings (SSSR count). The first-order chi connectivity index (χ1) is 9.29. The highest BCUT2D eigenvalue weighted by atomic mass is 19.1. The number of hydrogen-bond donors (Lipinski definition) is 1. The third kappa shape index (κ3) is 2.28. The van der Waals surface area contributed by atoms with Gasteiger partial charge in [0.15, 0.2) is 0 Å². The zero-order valence-electron chi connectivity index (χ0n) is 11.1. The number of likely N-dealkylation sites (N-methyl/N-ethyl adjacent to an activating group) is 1. The molecule has 98 valence electrons. The van der Waals surface area contributed by atoms with Gasteiger partial charge in [-0.3, -0.25) is 0 Å². The molecule has 0 bridgehead atoms. The monoisotopic (exact) mass is 255 g/mol. The van der Waals surface area contributed by atoms with Crippen LogP contribution in [0.5, 0.6) is 0 Å². The smallest absolute Gasteiger partial charge is 0.123 e. The van der Waals surface area contributed by atoms with Crippen LogP contribution in [0, 0.1) is 5.82 Å². The summed E-state index contributed by atoms with van der Waals surface area (Å²) in [7, 11) is 1.98. The summed E-state index contributed by atoms with van der Waals surface area (Å²) in [5.41, 5.74) is 3.85. The normalized spacial score (nSPS) is 21.4. The van der Waals surface area contributed by atoms with E-state index in [1.807, 2.05) is 13.1 Å². The van der Waals surface area contributed by atoms with E-state index in [-0.39, 0.29) is 5.82 Å². The molecule has 2 heteroatoms. The minimum atomic E-state index is -0.146. The van der Waals surface area contributed by atoms with Gasteiger partial charge in [-0.25, -0.2) is 4.39 Å². The molecule has 0 aromatic heterocycles. The Labute approximate surface area is 113 Å². The van der Waals surface area contributed by atoms with Gasteiger partial charge in [-0.2, -0.15) is 0 Å². The van der Waals surface area contributed by atoms with E-state index in [0.29, 0.717) is 11.8 Å². The molecule has 2 atom stereocenters. The van der Waals surface area contributed by atoms with E-state index < -0.39 is 0 Å². The maximum Gasteiger partial charge on any atom is 0.123 e. The number of benzene rings is 2. The van der Waals surface area contributed by atoms with Crippen molar-refractivity contribution < 1.29 is 4.39 Å². The molecule has 1 aliphatic carbocycles. The van der Waals surface area contributed by atoms with E-state index in [1.54, 1.807) is 12.1 Å². The Morgan fingerprint density at radius 2 is 1.89 bits per heavy atom. The fraction of sp³-hybridized carbons (Fsp3) is 0.294. The van der Waals surface area contributed by atoms with E-state index in [2.05, 4.69) is 29.6 Å². The average molecular weight is 255 g/mol. The third-order valence-electron chi connectivity index (χ3n) is 4.03. The van der Waals surface area contributed by atoms with Crippen LogP contribution in [0.15, 0.2) is 48.5 Å². The quantitative estimate of drug-likeness (QED) is 0.882. The van der Waals surface area contributed by atoms with Crippen LogP contribution in [0.1, 0.15) is 34.9 Å². The lowest BCUT2D eigenvalue weighted by Gasteiger charge is -2.12. The Morgan fingerprint density at radius 1 is 1.11 bits per heavy atom. The number of halogens is 1. The van der Waals surface area contributed by atoms with Crippen LogP contribution in [-0.4, -0.2) is 13.6 Å². The standard InChI is InChI=1S/C17H18FN/c1-19-11-13-10-17(12-5-4-6-14(18)9-12)16-8-3-2-7-15(13)16/h2-9,13,17,19H,10-11H2,1H3. The van der Waals surface area contributed by atoms with Gasteiger partial charge in [-0.15, -0.1) is 0 Å². The van der Waals surface area contributed by atoms with Crippen molar-refractivity contribution in [2.24, 2.45) is 0 Å². The van der Waals surface area contributed by atoms with Crippen molar-refractivity contribution in [2.45, 2.75) is 18.3 Å². The fourth-order valence-electron chi connectivity index (χ4n) is 3.22. The Kier molecular flexibility index (Phi) is 3.34. The largest absolute Gasteiger partial charge is 0.319 e. The Bertz CT molecular complexity index is 579. The molecule has 1 aliphatic rings. The zero-order valence-corrected chi connectivity index (χ0v) is 11.1. The number of rotatable bonds is 3. The first-order valence-corrected chi connectivity index (χ1v) is 6.78. The first kappa shape index (κ1) is 12.4. The van der Waals surface area contributed by atoms with Gasteiger partial charge in [-0.1, -0.05) is 36.4 Å². The van der Waals surface area contributed by atoms with E-state index in [4.69, 9.17) is 0 Å². The molecule has 0 saturated heterocycles. The predicted molar refractivity (Wildman–Crippen MR) is 76.0 cm³/mol. The van der Waals surface area contributed by atoms with E-state index in [0.717, 1.165) is 18.5 Å². The molecule has 0 fully saturated rings. The lowest BCUT2D eigenvalue weighted by Crippen LogP contribution is -2.15. The minimum Gasteiger partial charge on any atom is -0.319 e. The van der Waals surface area contributed by atoms with Crippen LogP contribution in [0.4, 0.5) is 4.39 Å². The molecule has 0 radical (unpaired) electrons. The minimum absolute atomic E-state index is 0.146. The summed E-state index contributed by atoms with van der Waals surface area (Å²) in [6, 6.07) is 15.6. The van der Waals surface area contributed by atoms with E-state index in [9.17, 15) is 4.39 Å². The van der Waals surface area contributed by atoms with Crippen LogP contribution in [0.2, 0.25) is 0 Å². The average Bonchev–Trinajstić information content (AvgIpc) is 2.79. The molecular formula is C17H18FN. The molecule has 2 aromatic carbocycles. The van der Waals surface area contributed by atoms with Crippen LogP contribution < -0.4 is 5.32 Å². The summed E-state index contributed by atoms with van der Waals surface area (Å²) in [5, 5.41) is 3.26. The van der Waals surface area contributed by atoms with Gasteiger partial charge in [0, 0.05) is 12.5 Å². The Hall–Kier alpha value is -1.67. The van der Waals surface area contributed by atoms with Gasteiger partial charge in [0.25, 0.3) is 0 Å². The van der Waals surface area contributed by atoms with Crippen molar-refractivity contribution in [3.63, 3.8) is 0 Å². The summed E-state index contributed by atoms with van der Waals surface area (Å²) in [6.07, 6.45) is 1.06. The summed E-state index contributed by atoms with van der Waals surface area (Å²) in [6.45, 7) is 0.975. The highest BCUT2D eigenvalue weighted by molar-refractivity contribution is 5.44. The number of nitrogens with one attached hydrogen (secondary N) is 1. The van der Waals surface area contributed by atoms with Crippen molar-refractivity contribution in [3.8, 4) is 0 Å². The highest BCUT2D eigenvalue weighted by Gasteiger charge is 2.31. The van der Waals surface area contributed by atoms with Gasteiger partial charge < -0.3 is 5.32 Å². The van der Waals surface area contributed by atoms with Crippen molar-refractivity contribution in [1.82, 2.24) is 5.32 Å². The van der Waals surface area contributed by atoms with Crippen molar-refractivity contribution in [3.05, 3.63) is 71.0 Å². The molecule has 2 unspecified atom stereocenters. The topological polar surface area (TPSA) is 12.0 Å².